The van der Waals surface area contributed by atoms with Crippen LogP contribution in [0.15, 0.2) is 72.8 Å². The summed E-state index contributed by atoms with van der Waals surface area (Å²) in [5.74, 6) is -2.20. The number of Topliss-reactive ketones (excluding diaryl/α,β-unsaturated/α-hetero) is 1. The molecule has 0 spiro atoms. The van der Waals surface area contributed by atoms with E-state index in [1.54, 1.807) is 0 Å². The van der Waals surface area contributed by atoms with Crippen molar-refractivity contribution in [2.45, 2.75) is 74.4 Å². The number of aryl methyl sites for hydroxylation is 1. The summed E-state index contributed by atoms with van der Waals surface area (Å²) in [5, 5.41) is 22.1. The Morgan fingerprint density at radius 1 is 0.767 bits per heavy atom. The molecule has 43 heavy (non-hydrogen) atoms. The fourth-order valence-corrected chi connectivity index (χ4v) is 6.89. The summed E-state index contributed by atoms with van der Waals surface area (Å²) in [6.45, 7) is 0. The van der Waals surface area contributed by atoms with Gasteiger partial charge in [-0.25, -0.2) is 4.39 Å². The fraction of sp³-hybridized carbons (Fsp3) is 0.424. The molecular weight excluding hydrogens is 577 g/mol. The molecule has 0 amide bonds. The van der Waals surface area contributed by atoms with Crippen LogP contribution in [0.1, 0.15) is 65.8 Å². The first-order valence-corrected chi connectivity index (χ1v) is 14.2. The lowest BCUT2D eigenvalue weighted by molar-refractivity contribution is -0.376. The maximum atomic E-state index is 13.9. The van der Waals surface area contributed by atoms with Crippen LogP contribution in [0, 0.1) is 17.7 Å². The van der Waals surface area contributed by atoms with E-state index in [1.807, 2.05) is 24.3 Å². The van der Waals surface area contributed by atoms with Gasteiger partial charge in [0.1, 0.15) is 11.6 Å². The highest BCUT2D eigenvalue weighted by molar-refractivity contribution is 5.84. The normalized spacial score (nSPS) is 25.1. The van der Waals surface area contributed by atoms with E-state index in [0.29, 0.717) is 43.4 Å². The summed E-state index contributed by atoms with van der Waals surface area (Å²) in [6, 6.07) is 16.2. The number of rotatable bonds is 5. The van der Waals surface area contributed by atoms with E-state index in [1.165, 1.54) is 17.7 Å². The van der Waals surface area contributed by atoms with E-state index in [-0.39, 0.29) is 30.1 Å². The number of fused-ring (bicyclic) bond motifs is 1. The highest BCUT2D eigenvalue weighted by Crippen LogP contribution is 2.52. The van der Waals surface area contributed by atoms with Crippen molar-refractivity contribution in [3.63, 3.8) is 0 Å². The number of ketones is 1. The second-order valence-corrected chi connectivity index (χ2v) is 11.8. The van der Waals surface area contributed by atoms with Crippen LogP contribution in [0.25, 0.3) is 0 Å². The number of hydrogen-bond acceptors (Lipinski definition) is 3. The van der Waals surface area contributed by atoms with Crippen LogP contribution in [-0.2, 0) is 28.8 Å². The zero-order chi connectivity index (χ0) is 31.2. The van der Waals surface area contributed by atoms with Crippen LogP contribution in [0.5, 0.6) is 0 Å². The van der Waals surface area contributed by atoms with Crippen LogP contribution >= 0.6 is 0 Å². The molecule has 0 bridgehead atoms. The molecule has 1 saturated carbocycles. The number of aliphatic hydroxyl groups is 2. The summed E-state index contributed by atoms with van der Waals surface area (Å²) < 4.78 is 94.6. The van der Waals surface area contributed by atoms with E-state index in [2.05, 4.69) is 0 Å². The smallest absolute Gasteiger partial charge is 0.385 e. The molecule has 0 heterocycles. The first-order chi connectivity index (χ1) is 20.1. The zero-order valence-electron chi connectivity index (χ0n) is 23.1. The molecule has 0 radical (unpaired) electrons. The number of hydrogen-bond donors (Lipinski definition) is 2. The standard InChI is InChI=1S/C33H31F7O3/c34-27-16-14-25(15-17-27)30(42)19-24(29(41)23-9-8-20-4-1-2-5-22(20)18-23)6-3-7-28(30)21-10-12-26(13-11-21)31(43,32(35,36)37)33(38,39)40/h1-2,4-5,10-17,23-24,28,42-43H,3,6-9,18-19H2/t23?,24?,28-,30-/m0/s1. The largest absolute Gasteiger partial charge is 0.430 e. The van der Waals surface area contributed by atoms with Gasteiger partial charge >= 0.3 is 12.4 Å². The molecule has 230 valence electrons. The molecule has 5 rings (SSSR count). The number of benzene rings is 3. The Bertz CT molecular complexity index is 1430. The first kappa shape index (κ1) is 31.2. The summed E-state index contributed by atoms with van der Waals surface area (Å²) in [7, 11) is 0. The Morgan fingerprint density at radius 3 is 1.98 bits per heavy atom. The Kier molecular flexibility index (Phi) is 8.24. The highest BCUT2D eigenvalue weighted by atomic mass is 19.4. The van der Waals surface area contributed by atoms with Crippen molar-refractivity contribution in [2.24, 2.45) is 11.8 Å². The van der Waals surface area contributed by atoms with Gasteiger partial charge in [-0.05, 0) is 72.9 Å². The summed E-state index contributed by atoms with van der Waals surface area (Å²) in [4.78, 5) is 13.9. The van der Waals surface area contributed by atoms with Gasteiger partial charge in [-0.15, -0.1) is 0 Å². The van der Waals surface area contributed by atoms with Crippen molar-refractivity contribution in [1.82, 2.24) is 0 Å². The van der Waals surface area contributed by atoms with Crippen molar-refractivity contribution in [1.29, 1.82) is 0 Å². The molecule has 2 unspecified atom stereocenters. The van der Waals surface area contributed by atoms with E-state index >= 15 is 0 Å². The SMILES string of the molecule is O=C(C1CCc2ccccc2C1)C1CCC[C@@H](c2ccc(C(O)(C(F)(F)F)C(F)(F)F)cc2)[C@@](O)(c2ccc(F)cc2)C1. The summed E-state index contributed by atoms with van der Waals surface area (Å²) in [6.07, 6.45) is -8.95. The second kappa shape index (κ2) is 11.4. The predicted molar refractivity (Wildman–Crippen MR) is 144 cm³/mol. The van der Waals surface area contributed by atoms with E-state index in [4.69, 9.17) is 0 Å². The second-order valence-electron chi connectivity index (χ2n) is 11.8. The predicted octanol–water partition coefficient (Wildman–Crippen LogP) is 7.67. The Hall–Kier alpha value is -3.24. The van der Waals surface area contributed by atoms with Gasteiger partial charge in [0.05, 0.1) is 5.60 Å². The minimum atomic E-state index is -6.03. The fourth-order valence-electron chi connectivity index (χ4n) is 6.89. The molecule has 0 aliphatic heterocycles. The van der Waals surface area contributed by atoms with Gasteiger partial charge in [-0.2, -0.15) is 26.3 Å². The zero-order valence-corrected chi connectivity index (χ0v) is 23.1. The topological polar surface area (TPSA) is 57.5 Å². The Morgan fingerprint density at radius 2 is 1.37 bits per heavy atom. The maximum Gasteiger partial charge on any atom is 0.430 e. The van der Waals surface area contributed by atoms with Gasteiger partial charge in [0.15, 0.2) is 0 Å². The van der Waals surface area contributed by atoms with E-state index < -0.39 is 46.8 Å². The van der Waals surface area contributed by atoms with Crippen molar-refractivity contribution in [2.75, 3.05) is 0 Å². The number of halogens is 7. The third-order valence-corrected chi connectivity index (χ3v) is 9.23. The van der Waals surface area contributed by atoms with Crippen LogP contribution in [0.3, 0.4) is 0 Å². The number of alkyl halides is 6. The minimum absolute atomic E-state index is 0.00598. The quantitative estimate of drug-likeness (QED) is 0.231. The third kappa shape index (κ3) is 5.71. The Labute approximate surface area is 244 Å². The molecular formula is C33H31F7O3. The first-order valence-electron chi connectivity index (χ1n) is 14.2. The van der Waals surface area contributed by atoms with Crippen LogP contribution in [-0.4, -0.2) is 28.3 Å². The van der Waals surface area contributed by atoms with E-state index in [0.717, 1.165) is 36.2 Å². The highest BCUT2D eigenvalue weighted by Gasteiger charge is 2.71. The number of carbonyl (C=O) groups excluding carboxylic acids is 1. The lowest BCUT2D eigenvalue weighted by Gasteiger charge is -2.38. The lowest BCUT2D eigenvalue weighted by atomic mass is 9.70. The van der Waals surface area contributed by atoms with Crippen molar-refractivity contribution in [3.8, 4) is 0 Å². The lowest BCUT2D eigenvalue weighted by Crippen LogP contribution is -2.53. The number of carbonyl (C=O) groups is 1. The van der Waals surface area contributed by atoms with Gasteiger partial charge in [0, 0.05) is 23.3 Å². The van der Waals surface area contributed by atoms with E-state index in [9.17, 15) is 45.7 Å². The average Bonchev–Trinajstić information content (AvgIpc) is 3.15. The third-order valence-electron chi connectivity index (χ3n) is 9.23. The summed E-state index contributed by atoms with van der Waals surface area (Å²) >= 11 is 0. The van der Waals surface area contributed by atoms with Crippen LogP contribution < -0.4 is 0 Å². The molecule has 3 nitrogen and oxygen atoms in total. The minimum Gasteiger partial charge on any atom is -0.385 e. The summed E-state index contributed by atoms with van der Waals surface area (Å²) in [5.41, 5.74) is -5.43. The molecule has 0 aromatic heterocycles. The molecule has 2 aliphatic rings. The van der Waals surface area contributed by atoms with Crippen LogP contribution in [0.4, 0.5) is 30.7 Å². The molecule has 3 aromatic rings. The Balaban J connectivity index is 1.49. The van der Waals surface area contributed by atoms with Gasteiger partial charge in [-0.3, -0.25) is 4.79 Å². The monoisotopic (exact) mass is 608 g/mol. The molecule has 0 saturated heterocycles. The van der Waals surface area contributed by atoms with Gasteiger partial charge < -0.3 is 10.2 Å². The molecule has 3 aromatic carbocycles. The van der Waals surface area contributed by atoms with Crippen molar-refractivity contribution < 1.29 is 45.7 Å². The molecule has 2 aliphatic carbocycles. The van der Waals surface area contributed by atoms with Gasteiger partial charge in [-0.1, -0.05) is 67.1 Å². The molecule has 1 fully saturated rings. The average molecular weight is 609 g/mol. The van der Waals surface area contributed by atoms with Crippen molar-refractivity contribution in [3.05, 3.63) is 106 Å². The van der Waals surface area contributed by atoms with Gasteiger partial charge in [0.2, 0.25) is 0 Å². The van der Waals surface area contributed by atoms with Crippen molar-refractivity contribution >= 4 is 5.78 Å². The molecule has 4 atom stereocenters. The molecule has 2 N–H and O–H groups in total. The van der Waals surface area contributed by atoms with Gasteiger partial charge in [0.25, 0.3) is 5.60 Å². The molecule has 10 heteroatoms. The van der Waals surface area contributed by atoms with Crippen LogP contribution in [0.2, 0.25) is 0 Å². The maximum absolute atomic E-state index is 13.9.